The lowest BCUT2D eigenvalue weighted by atomic mass is 9.89. The first-order valence-electron chi connectivity index (χ1n) is 7.41. The first-order chi connectivity index (χ1) is 9.33. The first-order valence-corrected chi connectivity index (χ1v) is 8.54. The van der Waals surface area contributed by atoms with Crippen LogP contribution in [0.25, 0.3) is 0 Å². The maximum Gasteiger partial charge on any atom is 0.408 e. The van der Waals surface area contributed by atoms with Crippen molar-refractivity contribution >= 4 is 27.8 Å². The number of carbonyl (C=O) groups excluding carboxylic acids is 2. The Morgan fingerprint density at radius 2 is 1.75 bits per heavy atom. The molecule has 4 nitrogen and oxygen atoms in total. The van der Waals surface area contributed by atoms with E-state index in [4.69, 9.17) is 4.74 Å². The molecule has 0 saturated heterocycles. The fourth-order valence-corrected chi connectivity index (χ4v) is 2.97. The molecule has 1 N–H and O–H groups in total. The van der Waals surface area contributed by atoms with Gasteiger partial charge < -0.3 is 10.1 Å². The number of hydrogen-bond acceptors (Lipinski definition) is 3. The number of ether oxygens (including phenoxy) is 1. The quantitative estimate of drug-likeness (QED) is 0.621. The molecule has 1 fully saturated rings. The highest BCUT2D eigenvalue weighted by Crippen LogP contribution is 2.26. The smallest absolute Gasteiger partial charge is 0.408 e. The number of carbonyl (C=O) groups is 2. The van der Waals surface area contributed by atoms with Gasteiger partial charge in [-0.3, -0.25) is 4.79 Å². The molecular formula is C15H26BrNO3. The zero-order chi connectivity index (χ0) is 15.2. The zero-order valence-corrected chi connectivity index (χ0v) is 14.3. The predicted octanol–water partition coefficient (Wildman–Crippen LogP) is 3.81. The van der Waals surface area contributed by atoms with Crippen molar-refractivity contribution in [1.29, 1.82) is 0 Å². The van der Waals surface area contributed by atoms with E-state index in [0.717, 1.165) is 25.7 Å². The molecule has 0 bridgehead atoms. The first kappa shape index (κ1) is 17.5. The second kappa shape index (κ2) is 8.01. The number of alkyl halides is 1. The highest BCUT2D eigenvalue weighted by Gasteiger charge is 2.30. The minimum absolute atomic E-state index is 0.0303. The lowest BCUT2D eigenvalue weighted by molar-refractivity contribution is -0.119. The number of rotatable bonds is 4. The number of ketones is 1. The van der Waals surface area contributed by atoms with Crippen LogP contribution in [0.5, 0.6) is 0 Å². The monoisotopic (exact) mass is 347 g/mol. The molecule has 0 unspecified atom stereocenters. The summed E-state index contributed by atoms with van der Waals surface area (Å²) in [6.07, 6.45) is 6.20. The van der Waals surface area contributed by atoms with Crippen molar-refractivity contribution in [1.82, 2.24) is 5.32 Å². The van der Waals surface area contributed by atoms with Gasteiger partial charge in [-0.15, -0.1) is 0 Å². The third-order valence-electron chi connectivity index (χ3n) is 3.52. The molecular weight excluding hydrogens is 322 g/mol. The van der Waals surface area contributed by atoms with Gasteiger partial charge in [0.15, 0.2) is 5.78 Å². The molecule has 0 aliphatic heterocycles. The van der Waals surface area contributed by atoms with Gasteiger partial charge in [-0.2, -0.15) is 0 Å². The van der Waals surface area contributed by atoms with Crippen LogP contribution in [-0.4, -0.2) is 28.8 Å². The van der Waals surface area contributed by atoms with Gasteiger partial charge in [-0.05, 0) is 39.5 Å². The van der Waals surface area contributed by atoms with Crippen LogP contribution in [0.1, 0.15) is 59.3 Å². The predicted molar refractivity (Wildman–Crippen MR) is 83.2 cm³/mol. The molecule has 0 radical (unpaired) electrons. The molecule has 0 spiro atoms. The fraction of sp³-hybridized carbons (Fsp3) is 0.867. The minimum atomic E-state index is -0.546. The summed E-state index contributed by atoms with van der Waals surface area (Å²) < 4.78 is 5.27. The molecule has 116 valence electrons. The van der Waals surface area contributed by atoms with Crippen LogP contribution in [0, 0.1) is 5.92 Å². The van der Waals surface area contributed by atoms with Crippen LogP contribution in [0.15, 0.2) is 0 Å². The van der Waals surface area contributed by atoms with Crippen molar-refractivity contribution in [3.8, 4) is 0 Å². The molecule has 0 heterocycles. The highest BCUT2D eigenvalue weighted by molar-refractivity contribution is 9.09. The lowest BCUT2D eigenvalue weighted by Gasteiger charge is -2.27. The molecule has 1 saturated carbocycles. The number of nitrogens with one attached hydrogen (secondary N) is 1. The van der Waals surface area contributed by atoms with Gasteiger partial charge in [-0.1, -0.05) is 41.6 Å². The number of Topliss-reactive ketones (excluding diaryl/α,β-unsaturated/α-hetero) is 1. The third kappa shape index (κ3) is 6.25. The molecule has 1 rings (SSSR count). The SMILES string of the molecule is CC(C)(C)OC(=O)N[C@H](C(=O)CBr)C1CCCCCC1. The fourth-order valence-electron chi connectivity index (χ4n) is 2.62. The van der Waals surface area contributed by atoms with Crippen molar-refractivity contribution in [2.24, 2.45) is 5.92 Å². The maximum absolute atomic E-state index is 12.1. The molecule has 1 aliphatic carbocycles. The van der Waals surface area contributed by atoms with Crippen LogP contribution in [0.4, 0.5) is 4.79 Å². The second-order valence-corrected chi connectivity index (χ2v) is 7.04. The van der Waals surface area contributed by atoms with E-state index in [1.165, 1.54) is 12.8 Å². The van der Waals surface area contributed by atoms with Crippen LogP contribution in [-0.2, 0) is 9.53 Å². The Morgan fingerprint density at radius 1 is 1.20 bits per heavy atom. The van der Waals surface area contributed by atoms with Gasteiger partial charge in [0, 0.05) is 0 Å². The summed E-state index contributed by atoms with van der Waals surface area (Å²) in [5.74, 6) is 0.262. The van der Waals surface area contributed by atoms with Gasteiger partial charge in [0.05, 0.1) is 11.4 Å². The van der Waals surface area contributed by atoms with Crippen molar-refractivity contribution in [3.63, 3.8) is 0 Å². The summed E-state index contributed by atoms with van der Waals surface area (Å²) >= 11 is 3.21. The third-order valence-corrected chi connectivity index (χ3v) is 4.07. The van der Waals surface area contributed by atoms with E-state index in [1.807, 2.05) is 20.8 Å². The molecule has 5 heteroatoms. The summed E-state index contributed by atoms with van der Waals surface area (Å²) in [5.41, 5.74) is -0.546. The van der Waals surface area contributed by atoms with Crippen LogP contribution in [0.2, 0.25) is 0 Å². The van der Waals surface area contributed by atoms with Crippen LogP contribution < -0.4 is 5.32 Å². The van der Waals surface area contributed by atoms with Gasteiger partial charge in [0.1, 0.15) is 5.60 Å². The summed E-state index contributed by atoms with van der Waals surface area (Å²) in [6, 6.07) is -0.428. The standard InChI is InChI=1S/C15H26BrNO3/c1-15(2,3)20-14(19)17-13(12(18)10-16)11-8-6-4-5-7-9-11/h11,13H,4-10H2,1-3H3,(H,17,19)/t13-/m0/s1. The normalized spacial score (nSPS) is 19.0. The Kier molecular flexibility index (Phi) is 7.00. The van der Waals surface area contributed by atoms with E-state index in [1.54, 1.807) is 0 Å². The summed E-state index contributed by atoms with van der Waals surface area (Å²) in [5, 5.41) is 3.05. The summed E-state index contributed by atoms with van der Waals surface area (Å²) in [4.78, 5) is 24.0. The Labute approximate surface area is 130 Å². The minimum Gasteiger partial charge on any atom is -0.444 e. The molecule has 1 atom stereocenters. The molecule has 1 amide bonds. The topological polar surface area (TPSA) is 55.4 Å². The average molecular weight is 348 g/mol. The molecule has 0 aromatic heterocycles. The van der Waals surface area contributed by atoms with E-state index in [0.29, 0.717) is 0 Å². The van der Waals surface area contributed by atoms with Gasteiger partial charge in [0.2, 0.25) is 0 Å². The van der Waals surface area contributed by atoms with Gasteiger partial charge in [-0.25, -0.2) is 4.79 Å². The Balaban J connectivity index is 2.68. The molecule has 0 aromatic rings. The number of alkyl carbamates (subject to hydrolysis) is 1. The van der Waals surface area contributed by atoms with E-state index in [2.05, 4.69) is 21.2 Å². The highest BCUT2D eigenvalue weighted by atomic mass is 79.9. The van der Waals surface area contributed by atoms with Crippen LogP contribution in [0.3, 0.4) is 0 Å². The largest absolute Gasteiger partial charge is 0.444 e. The summed E-state index contributed by atoms with van der Waals surface area (Å²) in [6.45, 7) is 5.46. The summed E-state index contributed by atoms with van der Waals surface area (Å²) in [7, 11) is 0. The Hall–Kier alpha value is -0.580. The average Bonchev–Trinajstić information content (AvgIpc) is 2.61. The maximum atomic E-state index is 12.1. The molecule has 1 aliphatic rings. The molecule has 20 heavy (non-hydrogen) atoms. The van der Waals surface area contributed by atoms with E-state index in [-0.39, 0.29) is 17.0 Å². The zero-order valence-electron chi connectivity index (χ0n) is 12.7. The van der Waals surface area contributed by atoms with Crippen molar-refractivity contribution < 1.29 is 14.3 Å². The van der Waals surface area contributed by atoms with E-state index >= 15 is 0 Å². The number of halogens is 1. The number of amides is 1. The van der Waals surface area contributed by atoms with E-state index in [9.17, 15) is 9.59 Å². The Morgan fingerprint density at radius 3 is 2.20 bits per heavy atom. The molecule has 0 aromatic carbocycles. The van der Waals surface area contributed by atoms with Crippen LogP contribution >= 0.6 is 15.9 Å². The van der Waals surface area contributed by atoms with Crippen molar-refractivity contribution in [3.05, 3.63) is 0 Å². The second-order valence-electron chi connectivity index (χ2n) is 6.48. The van der Waals surface area contributed by atoms with E-state index < -0.39 is 17.7 Å². The lowest BCUT2D eigenvalue weighted by Crippen LogP contribution is -2.48. The van der Waals surface area contributed by atoms with Crippen molar-refractivity contribution in [2.75, 3.05) is 5.33 Å². The Bertz CT molecular complexity index is 331. The van der Waals surface area contributed by atoms with Crippen molar-refractivity contribution in [2.45, 2.75) is 70.9 Å². The van der Waals surface area contributed by atoms with Gasteiger partial charge in [0.25, 0.3) is 0 Å². The van der Waals surface area contributed by atoms with Gasteiger partial charge >= 0.3 is 6.09 Å². The number of hydrogen-bond donors (Lipinski definition) is 1.